The maximum atomic E-state index is 12.2. The summed E-state index contributed by atoms with van der Waals surface area (Å²) in [6, 6.07) is 1.94. The zero-order valence-corrected chi connectivity index (χ0v) is 12.7. The minimum Gasteiger partial charge on any atom is -0.340 e. The van der Waals surface area contributed by atoms with Gasteiger partial charge >= 0.3 is 0 Å². The monoisotopic (exact) mass is 342 g/mol. The standard InChI is InChI=1S/C12H12BrClN4O/c1-7(2)18-6-8(13)3-9(18)12(19)17-11-5-15-4-10(14)16-11/h3-7H,1-2H3,(H,16,17,19). The number of hydrogen-bond acceptors (Lipinski definition) is 3. The zero-order chi connectivity index (χ0) is 14.0. The fourth-order valence-corrected chi connectivity index (χ4v) is 2.22. The highest BCUT2D eigenvalue weighted by Gasteiger charge is 2.15. The van der Waals surface area contributed by atoms with Crippen LogP contribution in [0.25, 0.3) is 0 Å². The summed E-state index contributed by atoms with van der Waals surface area (Å²) in [5.41, 5.74) is 0.545. The minimum absolute atomic E-state index is 0.178. The molecule has 19 heavy (non-hydrogen) atoms. The van der Waals surface area contributed by atoms with E-state index in [2.05, 4.69) is 31.2 Å². The van der Waals surface area contributed by atoms with Crippen LogP contribution in [0.3, 0.4) is 0 Å². The number of aromatic nitrogens is 3. The van der Waals surface area contributed by atoms with Crippen molar-refractivity contribution in [2.24, 2.45) is 0 Å². The Hall–Kier alpha value is -1.40. The first-order chi connectivity index (χ1) is 8.97. The van der Waals surface area contributed by atoms with E-state index in [0.29, 0.717) is 11.5 Å². The number of nitrogens with one attached hydrogen (secondary N) is 1. The summed E-state index contributed by atoms with van der Waals surface area (Å²) < 4.78 is 2.72. The molecule has 2 aromatic heterocycles. The van der Waals surface area contributed by atoms with Gasteiger partial charge in [0.25, 0.3) is 5.91 Å². The first-order valence-corrected chi connectivity index (χ1v) is 6.80. The van der Waals surface area contributed by atoms with Gasteiger partial charge in [0, 0.05) is 16.7 Å². The Kier molecular flexibility index (Phi) is 4.21. The minimum atomic E-state index is -0.254. The molecule has 7 heteroatoms. The van der Waals surface area contributed by atoms with Gasteiger partial charge < -0.3 is 9.88 Å². The molecule has 100 valence electrons. The molecule has 2 rings (SSSR count). The van der Waals surface area contributed by atoms with Crippen molar-refractivity contribution in [1.82, 2.24) is 14.5 Å². The number of halogens is 2. The molecule has 0 aliphatic heterocycles. The predicted molar refractivity (Wildman–Crippen MR) is 77.5 cm³/mol. The largest absolute Gasteiger partial charge is 0.340 e. The van der Waals surface area contributed by atoms with Crippen molar-refractivity contribution >= 4 is 39.3 Å². The number of carbonyl (C=O) groups excluding carboxylic acids is 1. The summed E-state index contributed by atoms with van der Waals surface area (Å²) in [6.07, 6.45) is 4.72. The molecular formula is C12H12BrClN4O. The van der Waals surface area contributed by atoms with Gasteiger partial charge in [0.15, 0.2) is 5.82 Å². The van der Waals surface area contributed by atoms with Gasteiger partial charge in [-0.15, -0.1) is 0 Å². The van der Waals surface area contributed by atoms with Crippen molar-refractivity contribution < 1.29 is 4.79 Å². The van der Waals surface area contributed by atoms with Crippen molar-refractivity contribution in [2.75, 3.05) is 5.32 Å². The normalized spacial score (nSPS) is 10.8. The van der Waals surface area contributed by atoms with E-state index in [1.54, 1.807) is 6.07 Å². The molecule has 0 aromatic carbocycles. The molecule has 2 heterocycles. The van der Waals surface area contributed by atoms with Crippen molar-refractivity contribution in [1.29, 1.82) is 0 Å². The lowest BCUT2D eigenvalue weighted by Crippen LogP contribution is -2.18. The number of carbonyl (C=O) groups is 1. The quantitative estimate of drug-likeness (QED) is 0.927. The molecule has 0 spiro atoms. The van der Waals surface area contributed by atoms with Gasteiger partial charge in [-0.05, 0) is 35.8 Å². The molecule has 0 aliphatic carbocycles. The lowest BCUT2D eigenvalue weighted by atomic mass is 10.3. The Labute approximate surface area is 124 Å². The number of hydrogen-bond donors (Lipinski definition) is 1. The van der Waals surface area contributed by atoms with Gasteiger partial charge in [-0.2, -0.15) is 0 Å². The van der Waals surface area contributed by atoms with Crippen LogP contribution in [0.5, 0.6) is 0 Å². The molecule has 0 saturated heterocycles. The van der Waals surface area contributed by atoms with Gasteiger partial charge in [-0.3, -0.25) is 9.78 Å². The lowest BCUT2D eigenvalue weighted by molar-refractivity contribution is 0.101. The van der Waals surface area contributed by atoms with Crippen LogP contribution in [-0.4, -0.2) is 20.4 Å². The third kappa shape index (κ3) is 3.33. The highest BCUT2D eigenvalue weighted by Crippen LogP contribution is 2.20. The Morgan fingerprint density at radius 1 is 1.47 bits per heavy atom. The Bertz CT molecular complexity index is 612. The maximum Gasteiger partial charge on any atom is 0.273 e. The fourth-order valence-electron chi connectivity index (χ4n) is 1.64. The lowest BCUT2D eigenvalue weighted by Gasteiger charge is -2.12. The number of anilines is 1. The van der Waals surface area contributed by atoms with E-state index in [-0.39, 0.29) is 17.1 Å². The smallest absolute Gasteiger partial charge is 0.273 e. The second kappa shape index (κ2) is 5.71. The van der Waals surface area contributed by atoms with E-state index in [1.165, 1.54) is 12.4 Å². The molecule has 1 amide bonds. The van der Waals surface area contributed by atoms with Crippen LogP contribution >= 0.6 is 27.5 Å². The number of rotatable bonds is 3. The first kappa shape index (κ1) is 14.0. The van der Waals surface area contributed by atoms with Crippen LogP contribution in [0.1, 0.15) is 30.4 Å². The van der Waals surface area contributed by atoms with E-state index in [1.807, 2.05) is 24.6 Å². The van der Waals surface area contributed by atoms with E-state index in [4.69, 9.17) is 11.6 Å². The molecule has 0 bridgehead atoms. The molecule has 0 fully saturated rings. The van der Waals surface area contributed by atoms with Gasteiger partial charge in [-0.1, -0.05) is 11.6 Å². The molecule has 5 nitrogen and oxygen atoms in total. The van der Waals surface area contributed by atoms with Crippen LogP contribution in [0, 0.1) is 0 Å². The van der Waals surface area contributed by atoms with Gasteiger partial charge in [-0.25, -0.2) is 4.98 Å². The van der Waals surface area contributed by atoms with Gasteiger partial charge in [0.1, 0.15) is 10.8 Å². The summed E-state index contributed by atoms with van der Waals surface area (Å²) >= 11 is 9.09. The highest BCUT2D eigenvalue weighted by atomic mass is 79.9. The second-order valence-electron chi connectivity index (χ2n) is 4.23. The Morgan fingerprint density at radius 2 is 2.21 bits per heavy atom. The van der Waals surface area contributed by atoms with Crippen LogP contribution in [0.2, 0.25) is 5.15 Å². The topological polar surface area (TPSA) is 59.8 Å². The zero-order valence-electron chi connectivity index (χ0n) is 10.4. The molecule has 1 N–H and O–H groups in total. The summed E-state index contributed by atoms with van der Waals surface area (Å²) in [5, 5.41) is 2.90. The van der Waals surface area contributed by atoms with Crippen LogP contribution in [0.4, 0.5) is 5.82 Å². The molecule has 0 unspecified atom stereocenters. The van der Waals surface area contributed by atoms with Crippen molar-refractivity contribution in [2.45, 2.75) is 19.9 Å². The van der Waals surface area contributed by atoms with E-state index >= 15 is 0 Å². The van der Waals surface area contributed by atoms with E-state index < -0.39 is 0 Å². The van der Waals surface area contributed by atoms with E-state index in [9.17, 15) is 4.79 Å². The summed E-state index contributed by atoms with van der Waals surface area (Å²) in [5.74, 6) is 0.0705. The van der Waals surface area contributed by atoms with Crippen molar-refractivity contribution in [3.05, 3.63) is 40.0 Å². The fraction of sp³-hybridized carbons (Fsp3) is 0.250. The molecule has 2 aromatic rings. The number of nitrogens with zero attached hydrogens (tertiary/aromatic N) is 3. The Morgan fingerprint density at radius 3 is 2.84 bits per heavy atom. The summed E-state index contributed by atoms with van der Waals surface area (Å²) in [4.78, 5) is 20.0. The molecule has 0 aliphatic rings. The maximum absolute atomic E-state index is 12.2. The molecular weight excluding hydrogens is 332 g/mol. The van der Waals surface area contributed by atoms with Crippen LogP contribution < -0.4 is 5.32 Å². The van der Waals surface area contributed by atoms with E-state index in [0.717, 1.165) is 4.47 Å². The predicted octanol–water partition coefficient (Wildman–Crippen LogP) is 3.53. The average molecular weight is 344 g/mol. The average Bonchev–Trinajstić information content (AvgIpc) is 2.71. The van der Waals surface area contributed by atoms with Crippen molar-refractivity contribution in [3.63, 3.8) is 0 Å². The van der Waals surface area contributed by atoms with Crippen molar-refractivity contribution in [3.8, 4) is 0 Å². The SMILES string of the molecule is CC(C)n1cc(Br)cc1C(=O)Nc1cncc(Cl)n1. The summed E-state index contributed by atoms with van der Waals surface area (Å²) in [6.45, 7) is 4.00. The van der Waals surface area contributed by atoms with Gasteiger partial charge in [0.05, 0.1) is 12.4 Å². The Balaban J connectivity index is 2.25. The number of amides is 1. The first-order valence-electron chi connectivity index (χ1n) is 5.63. The summed E-state index contributed by atoms with van der Waals surface area (Å²) in [7, 11) is 0. The highest BCUT2D eigenvalue weighted by molar-refractivity contribution is 9.10. The second-order valence-corrected chi connectivity index (χ2v) is 5.53. The van der Waals surface area contributed by atoms with Crippen LogP contribution in [0.15, 0.2) is 29.1 Å². The van der Waals surface area contributed by atoms with Crippen LogP contribution in [-0.2, 0) is 0 Å². The molecule has 0 saturated carbocycles. The third-order valence-corrected chi connectivity index (χ3v) is 3.07. The molecule has 0 radical (unpaired) electrons. The molecule has 0 atom stereocenters. The van der Waals surface area contributed by atoms with Gasteiger partial charge in [0.2, 0.25) is 0 Å². The third-order valence-electron chi connectivity index (χ3n) is 2.45.